The third-order valence-corrected chi connectivity index (χ3v) is 5.10. The zero-order valence-corrected chi connectivity index (χ0v) is 15.2. The Morgan fingerprint density at radius 1 is 0.885 bits per heavy atom. The zero-order chi connectivity index (χ0) is 18.5. The van der Waals surface area contributed by atoms with Crippen molar-refractivity contribution in [1.82, 2.24) is 0 Å². The Bertz CT molecular complexity index is 754. The van der Waals surface area contributed by atoms with Crippen molar-refractivity contribution in [3.8, 4) is 5.75 Å². The van der Waals surface area contributed by atoms with E-state index in [4.69, 9.17) is 9.47 Å². The third kappa shape index (κ3) is 4.31. The minimum Gasteiger partial charge on any atom is -0.465 e. The van der Waals surface area contributed by atoms with E-state index < -0.39 is 0 Å². The van der Waals surface area contributed by atoms with Crippen molar-refractivity contribution in [3.63, 3.8) is 0 Å². The number of rotatable bonds is 4. The summed E-state index contributed by atoms with van der Waals surface area (Å²) in [6, 6.07) is 15.1. The number of carbonyl (C=O) groups is 2. The third-order valence-electron chi connectivity index (χ3n) is 5.10. The minimum atomic E-state index is -0.320. The number of esters is 2. The lowest BCUT2D eigenvalue weighted by atomic mass is 9.78. The molecule has 0 aliphatic heterocycles. The second-order valence-electron chi connectivity index (χ2n) is 6.90. The van der Waals surface area contributed by atoms with Crippen LogP contribution in [0.1, 0.15) is 53.1 Å². The SMILES string of the molecule is COC(=O)c1ccc(C2CCC(C(=O)Oc3ccc(C)cc3)CC2)cc1. The summed E-state index contributed by atoms with van der Waals surface area (Å²) in [7, 11) is 1.38. The monoisotopic (exact) mass is 352 g/mol. The fourth-order valence-electron chi connectivity index (χ4n) is 3.48. The van der Waals surface area contributed by atoms with E-state index in [1.54, 1.807) is 12.1 Å². The van der Waals surface area contributed by atoms with Crippen molar-refractivity contribution < 1.29 is 19.1 Å². The van der Waals surface area contributed by atoms with E-state index in [0.29, 0.717) is 17.2 Å². The summed E-state index contributed by atoms with van der Waals surface area (Å²) in [5.41, 5.74) is 2.91. The van der Waals surface area contributed by atoms with Crippen LogP contribution in [-0.4, -0.2) is 19.0 Å². The number of hydrogen-bond donors (Lipinski definition) is 0. The maximum atomic E-state index is 12.4. The van der Waals surface area contributed by atoms with E-state index in [2.05, 4.69) is 0 Å². The fraction of sp³-hybridized carbons (Fsp3) is 0.364. The smallest absolute Gasteiger partial charge is 0.337 e. The first-order chi connectivity index (χ1) is 12.6. The Hall–Kier alpha value is -2.62. The van der Waals surface area contributed by atoms with Crippen LogP contribution < -0.4 is 4.74 Å². The molecule has 26 heavy (non-hydrogen) atoms. The molecular formula is C22H24O4. The summed E-state index contributed by atoms with van der Waals surface area (Å²) in [4.78, 5) is 23.9. The van der Waals surface area contributed by atoms with Crippen LogP contribution in [0.3, 0.4) is 0 Å². The molecule has 1 fully saturated rings. The van der Waals surface area contributed by atoms with Gasteiger partial charge in [0.15, 0.2) is 0 Å². The van der Waals surface area contributed by atoms with E-state index in [1.807, 2.05) is 43.3 Å². The summed E-state index contributed by atoms with van der Waals surface area (Å²) in [5.74, 6) is 0.542. The van der Waals surface area contributed by atoms with E-state index in [9.17, 15) is 9.59 Å². The number of ether oxygens (including phenoxy) is 2. The van der Waals surface area contributed by atoms with Crippen molar-refractivity contribution in [2.24, 2.45) is 5.92 Å². The van der Waals surface area contributed by atoms with Gasteiger partial charge in [-0.3, -0.25) is 4.79 Å². The molecule has 0 spiro atoms. The van der Waals surface area contributed by atoms with Crippen molar-refractivity contribution in [1.29, 1.82) is 0 Å². The van der Waals surface area contributed by atoms with Crippen LogP contribution in [0.25, 0.3) is 0 Å². The molecule has 1 aliphatic carbocycles. The van der Waals surface area contributed by atoms with Crippen LogP contribution in [0, 0.1) is 12.8 Å². The maximum absolute atomic E-state index is 12.4. The molecular weight excluding hydrogens is 328 g/mol. The van der Waals surface area contributed by atoms with Crippen molar-refractivity contribution in [2.75, 3.05) is 7.11 Å². The highest BCUT2D eigenvalue weighted by molar-refractivity contribution is 5.89. The average molecular weight is 352 g/mol. The number of methoxy groups -OCH3 is 1. The van der Waals surface area contributed by atoms with Gasteiger partial charge in [0.25, 0.3) is 0 Å². The molecule has 3 rings (SSSR count). The second-order valence-corrected chi connectivity index (χ2v) is 6.90. The van der Waals surface area contributed by atoms with Gasteiger partial charge in [-0.1, -0.05) is 29.8 Å². The van der Waals surface area contributed by atoms with Crippen LogP contribution in [-0.2, 0) is 9.53 Å². The van der Waals surface area contributed by atoms with E-state index >= 15 is 0 Å². The molecule has 0 N–H and O–H groups in total. The molecule has 1 saturated carbocycles. The quantitative estimate of drug-likeness (QED) is 0.593. The van der Waals surface area contributed by atoms with Gasteiger partial charge in [-0.2, -0.15) is 0 Å². The Kier molecular flexibility index (Phi) is 5.71. The first kappa shape index (κ1) is 18.2. The molecule has 0 atom stereocenters. The second kappa shape index (κ2) is 8.17. The van der Waals surface area contributed by atoms with Crippen LogP contribution in [0.4, 0.5) is 0 Å². The fourth-order valence-corrected chi connectivity index (χ4v) is 3.48. The molecule has 2 aromatic rings. The molecule has 0 heterocycles. The molecule has 4 nitrogen and oxygen atoms in total. The molecule has 0 unspecified atom stereocenters. The highest BCUT2D eigenvalue weighted by atomic mass is 16.5. The van der Waals surface area contributed by atoms with Crippen LogP contribution >= 0.6 is 0 Å². The zero-order valence-electron chi connectivity index (χ0n) is 15.2. The molecule has 2 aromatic carbocycles. The first-order valence-corrected chi connectivity index (χ1v) is 9.03. The number of aryl methyl sites for hydroxylation is 1. The first-order valence-electron chi connectivity index (χ1n) is 9.03. The Morgan fingerprint density at radius 3 is 2.08 bits per heavy atom. The summed E-state index contributed by atoms with van der Waals surface area (Å²) in [5, 5.41) is 0. The maximum Gasteiger partial charge on any atom is 0.337 e. The van der Waals surface area contributed by atoms with Crippen molar-refractivity contribution in [2.45, 2.75) is 38.5 Å². The van der Waals surface area contributed by atoms with Gasteiger partial charge < -0.3 is 9.47 Å². The van der Waals surface area contributed by atoms with Gasteiger partial charge in [-0.25, -0.2) is 4.79 Å². The molecule has 0 radical (unpaired) electrons. The number of hydrogen-bond acceptors (Lipinski definition) is 4. The Morgan fingerprint density at radius 2 is 1.50 bits per heavy atom. The summed E-state index contributed by atoms with van der Waals surface area (Å²) in [6.07, 6.45) is 3.55. The predicted octanol–water partition coefficient (Wildman–Crippen LogP) is 4.66. The highest BCUT2D eigenvalue weighted by Gasteiger charge is 2.28. The van der Waals surface area contributed by atoms with Gasteiger partial charge in [0.2, 0.25) is 0 Å². The number of benzene rings is 2. The number of carbonyl (C=O) groups excluding carboxylic acids is 2. The van der Waals surface area contributed by atoms with E-state index in [-0.39, 0.29) is 17.9 Å². The van der Waals surface area contributed by atoms with Crippen LogP contribution in [0.2, 0.25) is 0 Å². The highest BCUT2D eigenvalue weighted by Crippen LogP contribution is 2.36. The van der Waals surface area contributed by atoms with Crippen LogP contribution in [0.15, 0.2) is 48.5 Å². The predicted molar refractivity (Wildman–Crippen MR) is 99.3 cm³/mol. The normalized spacial score (nSPS) is 19.6. The summed E-state index contributed by atoms with van der Waals surface area (Å²) in [6.45, 7) is 2.00. The van der Waals surface area contributed by atoms with E-state index in [0.717, 1.165) is 31.2 Å². The molecule has 0 bridgehead atoms. The van der Waals surface area contributed by atoms with Gasteiger partial charge in [0, 0.05) is 0 Å². The largest absolute Gasteiger partial charge is 0.465 e. The van der Waals surface area contributed by atoms with Gasteiger partial charge in [-0.05, 0) is 68.4 Å². The van der Waals surface area contributed by atoms with Gasteiger partial charge in [0.05, 0.1) is 18.6 Å². The van der Waals surface area contributed by atoms with E-state index in [1.165, 1.54) is 12.7 Å². The van der Waals surface area contributed by atoms with Gasteiger partial charge in [0.1, 0.15) is 5.75 Å². The summed E-state index contributed by atoms with van der Waals surface area (Å²) < 4.78 is 10.2. The van der Waals surface area contributed by atoms with Crippen molar-refractivity contribution >= 4 is 11.9 Å². The van der Waals surface area contributed by atoms with Gasteiger partial charge >= 0.3 is 11.9 Å². The van der Waals surface area contributed by atoms with Crippen LogP contribution in [0.5, 0.6) is 5.75 Å². The molecule has 136 valence electrons. The standard InChI is InChI=1S/C22H24O4/c1-15-3-13-20(14-4-15)26-22(24)19-11-7-17(8-12-19)16-5-9-18(10-6-16)21(23)25-2/h3-6,9-10,13-14,17,19H,7-8,11-12H2,1-2H3. The molecule has 0 saturated heterocycles. The molecule has 4 heteroatoms. The lowest BCUT2D eigenvalue weighted by Gasteiger charge is -2.27. The van der Waals surface area contributed by atoms with Crippen molar-refractivity contribution in [3.05, 3.63) is 65.2 Å². The average Bonchev–Trinajstić information content (AvgIpc) is 2.69. The molecule has 0 aromatic heterocycles. The van der Waals surface area contributed by atoms with Gasteiger partial charge in [-0.15, -0.1) is 0 Å². The lowest BCUT2D eigenvalue weighted by Crippen LogP contribution is -2.25. The topological polar surface area (TPSA) is 52.6 Å². The lowest BCUT2D eigenvalue weighted by molar-refractivity contribution is -0.140. The summed E-state index contributed by atoms with van der Waals surface area (Å²) >= 11 is 0. The minimum absolute atomic E-state index is 0.0399. The Balaban J connectivity index is 1.54. The Labute approximate surface area is 154 Å². The molecule has 0 amide bonds. The molecule has 1 aliphatic rings.